The van der Waals surface area contributed by atoms with Crippen molar-refractivity contribution < 1.29 is 0 Å². The fourth-order valence-electron chi connectivity index (χ4n) is 5.23. The molecule has 0 aliphatic rings. The summed E-state index contributed by atoms with van der Waals surface area (Å²) >= 11 is 0. The van der Waals surface area contributed by atoms with Crippen LogP contribution in [0.25, 0.3) is 0 Å². The van der Waals surface area contributed by atoms with E-state index in [-0.39, 0.29) is 39.0 Å². The van der Waals surface area contributed by atoms with Crippen molar-refractivity contribution in [1.82, 2.24) is 9.80 Å². The summed E-state index contributed by atoms with van der Waals surface area (Å²) in [5.74, 6) is 1.11. The van der Waals surface area contributed by atoms with E-state index in [0.29, 0.717) is 0 Å². The fourth-order valence-corrected chi connectivity index (χ4v) is 5.23. The lowest BCUT2D eigenvalue weighted by molar-refractivity contribution is 0.0448. The average molecular weight is 410 g/mol. The van der Waals surface area contributed by atoms with Crippen molar-refractivity contribution in [2.45, 2.75) is 153 Å². The smallest absolute Gasteiger partial charge is 0.198 e. The molecule has 3 heteroatoms. The van der Waals surface area contributed by atoms with Crippen LogP contribution in [0.15, 0.2) is 4.99 Å². The van der Waals surface area contributed by atoms with Gasteiger partial charge in [0, 0.05) is 22.2 Å². The summed E-state index contributed by atoms with van der Waals surface area (Å²) in [6.45, 7) is 41.6. The molecule has 0 bridgehead atoms. The summed E-state index contributed by atoms with van der Waals surface area (Å²) in [7, 11) is 0. The van der Waals surface area contributed by atoms with Gasteiger partial charge in [0.25, 0.3) is 0 Å². The van der Waals surface area contributed by atoms with Gasteiger partial charge in [0.05, 0.1) is 6.04 Å². The SMILES string of the molecule is CC(C)(C)C(N=C(N(C(C)(C)C)C(C)(C)C)N(C(C)(C)C)C(C)(C)C)C(C)(C)C. The van der Waals surface area contributed by atoms with E-state index >= 15 is 0 Å². The van der Waals surface area contributed by atoms with Gasteiger partial charge in [0.1, 0.15) is 0 Å². The molecule has 0 fully saturated rings. The van der Waals surface area contributed by atoms with Crippen LogP contribution in [0.5, 0.6) is 0 Å². The molecule has 0 heterocycles. The van der Waals surface area contributed by atoms with Gasteiger partial charge in [-0.15, -0.1) is 0 Å². The molecule has 0 aliphatic heterocycles. The van der Waals surface area contributed by atoms with E-state index in [1.807, 2.05) is 0 Å². The second-order valence-corrected chi connectivity index (χ2v) is 14.9. The van der Waals surface area contributed by atoms with E-state index in [1.165, 1.54) is 0 Å². The summed E-state index contributed by atoms with van der Waals surface area (Å²) in [6.07, 6.45) is 0. The normalized spacial score (nSPS) is 14.9. The predicted octanol–water partition coefficient (Wildman–Crippen LogP) is 7.60. The molecule has 0 aliphatic carbocycles. The van der Waals surface area contributed by atoms with Crippen LogP contribution in [0.4, 0.5) is 0 Å². The van der Waals surface area contributed by atoms with Gasteiger partial charge in [-0.2, -0.15) is 0 Å². The minimum Gasteiger partial charge on any atom is -0.333 e. The molecule has 0 aromatic carbocycles. The number of hydrogen-bond acceptors (Lipinski definition) is 1. The van der Waals surface area contributed by atoms with Crippen molar-refractivity contribution in [3.8, 4) is 0 Å². The number of nitrogens with zero attached hydrogens (tertiary/aromatic N) is 3. The van der Waals surface area contributed by atoms with Gasteiger partial charge >= 0.3 is 0 Å². The molecular weight excluding hydrogens is 354 g/mol. The van der Waals surface area contributed by atoms with E-state index in [4.69, 9.17) is 4.99 Å². The summed E-state index contributed by atoms with van der Waals surface area (Å²) in [6, 6.07) is 0.185. The third-order valence-corrected chi connectivity index (χ3v) is 4.97. The molecule has 0 saturated heterocycles. The average Bonchev–Trinajstić information content (AvgIpc) is 2.24. The van der Waals surface area contributed by atoms with Crippen molar-refractivity contribution in [2.24, 2.45) is 15.8 Å². The van der Waals surface area contributed by atoms with Crippen LogP contribution in [0.2, 0.25) is 0 Å². The third-order valence-electron chi connectivity index (χ3n) is 4.97. The molecule has 0 aromatic heterocycles. The summed E-state index contributed by atoms with van der Waals surface area (Å²) in [4.78, 5) is 10.7. The molecule has 3 nitrogen and oxygen atoms in total. The highest BCUT2D eigenvalue weighted by molar-refractivity contribution is 5.83. The Morgan fingerprint density at radius 3 is 0.793 bits per heavy atom. The number of aliphatic imine (C=N–C) groups is 1. The minimum absolute atomic E-state index is 0.0619. The Kier molecular flexibility index (Phi) is 7.87. The Morgan fingerprint density at radius 1 is 0.448 bits per heavy atom. The van der Waals surface area contributed by atoms with Crippen LogP contribution < -0.4 is 0 Å². The molecule has 0 amide bonds. The van der Waals surface area contributed by atoms with Crippen LogP contribution in [0.1, 0.15) is 125 Å². The quantitative estimate of drug-likeness (QED) is 0.328. The lowest BCUT2D eigenvalue weighted by Gasteiger charge is -2.57. The van der Waals surface area contributed by atoms with Crippen LogP contribution in [-0.4, -0.2) is 44.0 Å². The molecule has 0 saturated carbocycles. The first-order chi connectivity index (χ1) is 12.2. The molecule has 0 unspecified atom stereocenters. The zero-order valence-corrected chi connectivity index (χ0v) is 23.4. The van der Waals surface area contributed by atoms with Crippen LogP contribution in [0, 0.1) is 10.8 Å². The van der Waals surface area contributed by atoms with Crippen molar-refractivity contribution in [2.75, 3.05) is 0 Å². The molecule has 0 aromatic rings. The Morgan fingerprint density at radius 2 is 0.655 bits per heavy atom. The van der Waals surface area contributed by atoms with Gasteiger partial charge in [-0.05, 0) is 93.9 Å². The number of guanidine groups is 1. The third kappa shape index (κ3) is 7.79. The predicted molar refractivity (Wildman–Crippen MR) is 133 cm³/mol. The Hall–Kier alpha value is -0.730. The standard InChI is InChI=1S/C26H55N3/c1-21(2,3)19(22(4,5)6)27-20(28(23(7,8)9)24(10,11)12)29(25(13,14)15)26(16,17)18/h19H,1-18H3. The highest BCUT2D eigenvalue weighted by atomic mass is 15.5. The van der Waals surface area contributed by atoms with E-state index in [2.05, 4.69) is 134 Å². The summed E-state index contributed by atoms with van der Waals surface area (Å²) in [5.41, 5.74) is -0.130. The highest BCUT2D eigenvalue weighted by Crippen LogP contribution is 2.39. The zero-order valence-electron chi connectivity index (χ0n) is 23.4. The molecular formula is C26H55N3. The van der Waals surface area contributed by atoms with Gasteiger partial charge in [-0.25, -0.2) is 4.99 Å². The lowest BCUT2D eigenvalue weighted by atomic mass is 9.72. The second kappa shape index (κ2) is 8.08. The van der Waals surface area contributed by atoms with Crippen molar-refractivity contribution in [3.05, 3.63) is 0 Å². The van der Waals surface area contributed by atoms with Crippen molar-refractivity contribution in [3.63, 3.8) is 0 Å². The molecule has 0 radical (unpaired) electrons. The Bertz CT molecular complexity index is 482. The zero-order chi connectivity index (χ0) is 24.0. The van der Waals surface area contributed by atoms with E-state index in [9.17, 15) is 0 Å². The lowest BCUT2D eigenvalue weighted by Crippen LogP contribution is -2.67. The topological polar surface area (TPSA) is 18.8 Å². The molecule has 0 spiro atoms. The van der Waals surface area contributed by atoms with Gasteiger partial charge in [-0.3, -0.25) is 0 Å². The largest absolute Gasteiger partial charge is 0.333 e. The molecule has 0 N–H and O–H groups in total. The summed E-state index contributed by atoms with van der Waals surface area (Å²) < 4.78 is 0. The monoisotopic (exact) mass is 409 g/mol. The van der Waals surface area contributed by atoms with Crippen LogP contribution in [0.3, 0.4) is 0 Å². The number of hydrogen-bond donors (Lipinski definition) is 0. The van der Waals surface area contributed by atoms with Crippen LogP contribution in [-0.2, 0) is 0 Å². The number of rotatable bonds is 1. The van der Waals surface area contributed by atoms with Crippen molar-refractivity contribution in [1.29, 1.82) is 0 Å². The molecule has 0 rings (SSSR count). The van der Waals surface area contributed by atoms with Crippen LogP contribution >= 0.6 is 0 Å². The molecule has 29 heavy (non-hydrogen) atoms. The first-order valence-corrected chi connectivity index (χ1v) is 11.4. The van der Waals surface area contributed by atoms with Gasteiger partial charge in [0.2, 0.25) is 0 Å². The van der Waals surface area contributed by atoms with Gasteiger partial charge < -0.3 is 9.80 Å². The first kappa shape index (κ1) is 28.3. The molecule has 174 valence electrons. The second-order valence-electron chi connectivity index (χ2n) is 14.9. The van der Waals surface area contributed by atoms with E-state index in [0.717, 1.165) is 5.96 Å². The molecule has 0 atom stereocenters. The highest BCUT2D eigenvalue weighted by Gasteiger charge is 2.45. The fraction of sp³-hybridized carbons (Fsp3) is 0.962. The van der Waals surface area contributed by atoms with Gasteiger partial charge in [-0.1, -0.05) is 41.5 Å². The van der Waals surface area contributed by atoms with Crippen molar-refractivity contribution >= 4 is 5.96 Å². The van der Waals surface area contributed by atoms with E-state index < -0.39 is 0 Å². The maximum Gasteiger partial charge on any atom is 0.198 e. The van der Waals surface area contributed by atoms with E-state index in [1.54, 1.807) is 0 Å². The Balaban J connectivity index is 7.34. The maximum atomic E-state index is 5.65. The Labute approximate surface area is 184 Å². The van der Waals surface area contributed by atoms with Gasteiger partial charge in [0.15, 0.2) is 5.96 Å². The first-order valence-electron chi connectivity index (χ1n) is 11.4. The maximum absolute atomic E-state index is 5.65. The summed E-state index contributed by atoms with van der Waals surface area (Å²) in [5, 5.41) is 0. The minimum atomic E-state index is -0.0633.